The summed E-state index contributed by atoms with van der Waals surface area (Å²) in [6, 6.07) is 0. The highest BCUT2D eigenvalue weighted by Crippen LogP contribution is 2.30. The van der Waals surface area contributed by atoms with Crippen molar-refractivity contribution in [2.45, 2.75) is 0 Å². The van der Waals surface area contributed by atoms with E-state index in [0.29, 0.717) is 10.7 Å². The molecule has 11 heteroatoms. The lowest BCUT2D eigenvalue weighted by atomic mass is 10.1. The second-order valence-electron chi connectivity index (χ2n) is 3.81. The summed E-state index contributed by atoms with van der Waals surface area (Å²) in [4.78, 5) is 34.4. The van der Waals surface area contributed by atoms with E-state index in [0.717, 1.165) is 0 Å². The molecule has 2 heterocycles. The van der Waals surface area contributed by atoms with Crippen LogP contribution in [0.4, 0.5) is 0 Å². The maximum Gasteiger partial charge on any atom is 0.288 e. The number of nitrogens with two attached hydrogens (primary N) is 2. The Morgan fingerprint density at radius 1 is 1.30 bits per heavy atom. The van der Waals surface area contributed by atoms with Crippen molar-refractivity contribution in [3.8, 4) is 0 Å². The molecule has 2 aliphatic heterocycles. The molecule has 2 amide bonds. The number of nitrogens with zero attached hydrogens (tertiary/aromatic N) is 2. The van der Waals surface area contributed by atoms with Gasteiger partial charge in [0.05, 0.1) is 11.3 Å². The fraction of sp³-hybridized carbons (Fsp3) is 0.111. The Bertz CT molecular complexity index is 591. The van der Waals surface area contributed by atoms with Gasteiger partial charge < -0.3 is 5.32 Å². The third-order valence-corrected chi connectivity index (χ3v) is 2.78. The van der Waals surface area contributed by atoms with E-state index in [1.807, 2.05) is 5.43 Å². The first-order chi connectivity index (χ1) is 9.51. The zero-order chi connectivity index (χ0) is 14.9. The van der Waals surface area contributed by atoms with Crippen molar-refractivity contribution in [1.82, 2.24) is 21.2 Å². The molecule has 20 heavy (non-hydrogen) atoms. The highest BCUT2D eigenvalue weighted by molar-refractivity contribution is 5.98. The summed E-state index contributed by atoms with van der Waals surface area (Å²) >= 11 is 0. The predicted molar refractivity (Wildman–Crippen MR) is 64.7 cm³/mol. The Hall–Kier alpha value is -2.92. The minimum Gasteiger partial charge on any atom is -0.379 e. The van der Waals surface area contributed by atoms with E-state index in [-0.39, 0.29) is 23.5 Å². The van der Waals surface area contributed by atoms with Crippen molar-refractivity contribution in [1.29, 1.82) is 0 Å². The van der Waals surface area contributed by atoms with Crippen molar-refractivity contribution in [2.24, 2.45) is 11.7 Å². The smallest absolute Gasteiger partial charge is 0.288 e. The van der Waals surface area contributed by atoms with Crippen LogP contribution in [0.5, 0.6) is 0 Å². The van der Waals surface area contributed by atoms with E-state index >= 15 is 0 Å². The molecule has 7 N–H and O–H groups in total. The lowest BCUT2D eigenvalue weighted by molar-refractivity contribution is -0.630. The number of allylic oxidation sites excluding steroid dienone is 2. The zero-order valence-electron chi connectivity index (χ0n) is 10.0. The van der Waals surface area contributed by atoms with E-state index < -0.39 is 16.8 Å². The number of fused-ring (bicyclic) bond motifs is 1. The number of amides is 2. The van der Waals surface area contributed by atoms with Crippen LogP contribution in [0.25, 0.3) is 0 Å². The van der Waals surface area contributed by atoms with Crippen LogP contribution in [0.1, 0.15) is 0 Å². The van der Waals surface area contributed by atoms with Gasteiger partial charge in [-0.25, -0.2) is 21.8 Å². The molecule has 106 valence electrons. The molecular weight excluding hydrogens is 270 g/mol. The average molecular weight is 281 g/mol. The van der Waals surface area contributed by atoms with Crippen molar-refractivity contribution >= 4 is 11.8 Å². The monoisotopic (exact) mass is 281 g/mol. The van der Waals surface area contributed by atoms with Gasteiger partial charge in [0, 0.05) is 6.54 Å². The lowest BCUT2D eigenvalue weighted by Crippen LogP contribution is -2.42. The van der Waals surface area contributed by atoms with E-state index in [2.05, 4.69) is 5.32 Å². The van der Waals surface area contributed by atoms with Gasteiger partial charge in [-0.3, -0.25) is 20.4 Å². The maximum absolute atomic E-state index is 11.6. The Morgan fingerprint density at radius 3 is 2.50 bits per heavy atom. The Balaban J connectivity index is 2.57. The molecular formula is C9H11N7O4. The molecule has 0 spiro atoms. The molecule has 0 atom stereocenters. The molecule has 0 unspecified atom stereocenters. The quantitative estimate of drug-likeness (QED) is 0.159. The van der Waals surface area contributed by atoms with Gasteiger partial charge in [0.2, 0.25) is 0 Å². The first-order valence-electron chi connectivity index (χ1n) is 5.37. The molecule has 0 radical (unpaired) electrons. The van der Waals surface area contributed by atoms with Crippen LogP contribution in [-0.2, 0) is 9.59 Å². The highest BCUT2D eigenvalue weighted by atomic mass is 16.7. The van der Waals surface area contributed by atoms with E-state index in [4.69, 9.17) is 11.7 Å². The van der Waals surface area contributed by atoms with Gasteiger partial charge in [0.1, 0.15) is 5.70 Å². The van der Waals surface area contributed by atoms with Crippen LogP contribution in [-0.4, -0.2) is 28.4 Å². The molecule has 2 rings (SSSR count). The number of hydrazine groups is 3. The molecule has 0 aliphatic carbocycles. The number of nitro groups is 1. The van der Waals surface area contributed by atoms with Crippen LogP contribution >= 0.6 is 0 Å². The van der Waals surface area contributed by atoms with Crippen molar-refractivity contribution < 1.29 is 14.6 Å². The predicted octanol–water partition coefficient (Wildman–Crippen LogP) is -2.90. The second kappa shape index (κ2) is 4.99. The van der Waals surface area contributed by atoms with Crippen LogP contribution in [0, 0.1) is 10.1 Å². The summed E-state index contributed by atoms with van der Waals surface area (Å²) in [6.07, 6.45) is 2.66. The van der Waals surface area contributed by atoms with E-state index in [1.165, 1.54) is 12.2 Å². The fourth-order valence-electron chi connectivity index (χ4n) is 1.94. The molecule has 0 aromatic rings. The van der Waals surface area contributed by atoms with Crippen LogP contribution in [0.2, 0.25) is 0 Å². The molecule has 0 aromatic carbocycles. The Kier molecular flexibility index (Phi) is 3.37. The summed E-state index contributed by atoms with van der Waals surface area (Å²) in [5.41, 5.74) is 3.73. The number of rotatable bonds is 3. The van der Waals surface area contributed by atoms with E-state index in [1.54, 1.807) is 5.43 Å². The van der Waals surface area contributed by atoms with Crippen LogP contribution < -0.4 is 27.9 Å². The highest BCUT2D eigenvalue weighted by Gasteiger charge is 2.40. The Labute approximate surface area is 112 Å². The maximum atomic E-state index is 11.6. The van der Waals surface area contributed by atoms with Gasteiger partial charge in [-0.15, -0.1) is 0 Å². The number of carbonyl (C=O) groups excluding carboxylic acids is 2. The normalized spacial score (nSPS) is 16.8. The van der Waals surface area contributed by atoms with Crippen LogP contribution in [0.15, 0.2) is 34.8 Å². The molecule has 11 nitrogen and oxygen atoms in total. The van der Waals surface area contributed by atoms with Gasteiger partial charge in [-0.2, -0.15) is 0 Å². The molecule has 2 aliphatic rings. The average Bonchev–Trinajstić information content (AvgIpc) is 2.88. The van der Waals surface area contributed by atoms with Gasteiger partial charge in [-0.1, -0.05) is 5.01 Å². The van der Waals surface area contributed by atoms with Gasteiger partial charge in [0.15, 0.2) is 10.7 Å². The van der Waals surface area contributed by atoms with Gasteiger partial charge in [-0.05, 0) is 12.2 Å². The minimum absolute atomic E-state index is 0.0425. The van der Waals surface area contributed by atoms with Crippen molar-refractivity contribution in [3.05, 3.63) is 44.9 Å². The molecule has 0 saturated carbocycles. The first-order valence-corrected chi connectivity index (χ1v) is 5.37. The molecule has 0 aromatic heterocycles. The Morgan fingerprint density at radius 2 is 1.95 bits per heavy atom. The van der Waals surface area contributed by atoms with Gasteiger partial charge >= 0.3 is 0 Å². The third-order valence-electron chi connectivity index (χ3n) is 2.78. The summed E-state index contributed by atoms with van der Waals surface area (Å²) in [5, 5.41) is 13.7. The fourth-order valence-corrected chi connectivity index (χ4v) is 1.94. The van der Waals surface area contributed by atoms with Crippen molar-refractivity contribution in [2.75, 3.05) is 6.54 Å². The number of carbonyl (C=O) groups is 2. The third kappa shape index (κ3) is 1.96. The minimum atomic E-state index is -0.857. The molecule has 0 fully saturated rings. The summed E-state index contributed by atoms with van der Waals surface area (Å²) in [5.74, 6) is 8.47. The van der Waals surface area contributed by atoms with Gasteiger partial charge in [0.25, 0.3) is 11.8 Å². The standard InChI is InChI=1S/C9H11N7O4/c10-13-8(17)4-3-12-5-1-2-6(9(18)14-11)15(7(4)5)16(19)20/h1-2,12H,3,10-11H2,(H,13,17)(H,14,18). The number of nitrogens with one attached hydrogen (secondary N) is 3. The van der Waals surface area contributed by atoms with Crippen molar-refractivity contribution in [3.63, 3.8) is 0 Å². The molecule has 0 saturated heterocycles. The molecule has 0 bridgehead atoms. The largest absolute Gasteiger partial charge is 0.379 e. The first kappa shape index (κ1) is 13.5. The lowest BCUT2D eigenvalue weighted by Gasteiger charge is -2.21. The number of hydrogen-bond acceptors (Lipinski definition) is 7. The second-order valence-corrected chi connectivity index (χ2v) is 3.81. The zero-order valence-corrected chi connectivity index (χ0v) is 10.0. The topological polar surface area (TPSA) is 169 Å². The van der Waals surface area contributed by atoms with E-state index in [9.17, 15) is 19.7 Å². The number of hydrogen-bond donors (Lipinski definition) is 5. The van der Waals surface area contributed by atoms with Crippen LogP contribution in [0.3, 0.4) is 0 Å². The summed E-state index contributed by atoms with van der Waals surface area (Å²) in [7, 11) is 0. The summed E-state index contributed by atoms with van der Waals surface area (Å²) in [6.45, 7) is 0.0555. The SMILES string of the molecule is NNC(=O)C1=CC=C2NCC(C(=O)NN)=C2N1[N+](=O)[O-]. The summed E-state index contributed by atoms with van der Waals surface area (Å²) < 4.78 is 0.